The van der Waals surface area contributed by atoms with Crippen molar-refractivity contribution in [2.24, 2.45) is 7.05 Å². The van der Waals surface area contributed by atoms with Crippen LogP contribution in [-0.2, 0) is 13.6 Å². The highest BCUT2D eigenvalue weighted by molar-refractivity contribution is 5.94. The Balaban J connectivity index is 1.16. The van der Waals surface area contributed by atoms with E-state index in [0.29, 0.717) is 24.8 Å². The maximum Gasteiger partial charge on any atom is 0.253 e. The van der Waals surface area contributed by atoms with Gasteiger partial charge in [0.1, 0.15) is 0 Å². The first kappa shape index (κ1) is 20.9. The molecule has 0 N–H and O–H groups in total. The van der Waals surface area contributed by atoms with E-state index in [1.807, 2.05) is 47.0 Å². The lowest BCUT2D eigenvalue weighted by Crippen LogP contribution is -2.38. The molecular weight excluding hydrogens is 402 g/mol. The Morgan fingerprint density at radius 3 is 2.47 bits per heavy atom. The largest absolute Gasteiger partial charge is 0.348 e. The summed E-state index contributed by atoms with van der Waals surface area (Å²) >= 11 is 0. The smallest absolute Gasteiger partial charge is 0.253 e. The molecule has 32 heavy (non-hydrogen) atoms. The molecule has 7 heteroatoms. The molecular formula is C25H31N5O2. The highest BCUT2D eigenvalue weighted by Gasteiger charge is 2.28. The van der Waals surface area contributed by atoms with Crippen LogP contribution >= 0.6 is 0 Å². The van der Waals surface area contributed by atoms with Crippen molar-refractivity contribution in [1.82, 2.24) is 24.5 Å². The summed E-state index contributed by atoms with van der Waals surface area (Å²) in [5.41, 5.74) is 3.00. The molecule has 3 aromatic rings. The van der Waals surface area contributed by atoms with Gasteiger partial charge in [0.05, 0.1) is 5.69 Å². The number of hydrogen-bond donors (Lipinski definition) is 0. The van der Waals surface area contributed by atoms with E-state index < -0.39 is 0 Å². The number of rotatable bonds is 5. The van der Waals surface area contributed by atoms with Crippen molar-refractivity contribution in [3.05, 3.63) is 59.6 Å². The minimum absolute atomic E-state index is 0.114. The van der Waals surface area contributed by atoms with Crippen LogP contribution in [0.3, 0.4) is 0 Å². The van der Waals surface area contributed by atoms with Gasteiger partial charge in [0.15, 0.2) is 0 Å². The predicted molar refractivity (Wildman–Crippen MR) is 122 cm³/mol. The number of piperidine rings is 2. The summed E-state index contributed by atoms with van der Waals surface area (Å²) in [6, 6.07) is 12.1. The van der Waals surface area contributed by atoms with Crippen molar-refractivity contribution < 1.29 is 9.32 Å². The number of aryl methyl sites for hydroxylation is 1. The van der Waals surface area contributed by atoms with E-state index in [1.54, 1.807) is 0 Å². The zero-order valence-electron chi connectivity index (χ0n) is 18.7. The molecule has 0 saturated carbocycles. The molecule has 7 nitrogen and oxygen atoms in total. The average molecular weight is 434 g/mol. The zero-order chi connectivity index (χ0) is 21.9. The molecule has 0 spiro atoms. The fourth-order valence-electron chi connectivity index (χ4n) is 4.84. The number of aromatic nitrogens is 3. The SMILES string of the molecule is Cn1cccc1-c1noc(C2CCN(C(=O)c3ccc(CN4CCCCC4)cc3)CC2)n1. The quantitative estimate of drug-likeness (QED) is 0.607. The summed E-state index contributed by atoms with van der Waals surface area (Å²) in [5.74, 6) is 1.61. The molecule has 0 aliphatic carbocycles. The van der Waals surface area contributed by atoms with Gasteiger partial charge in [-0.3, -0.25) is 9.69 Å². The van der Waals surface area contributed by atoms with Gasteiger partial charge in [-0.25, -0.2) is 0 Å². The summed E-state index contributed by atoms with van der Waals surface area (Å²) < 4.78 is 7.54. The fourth-order valence-corrected chi connectivity index (χ4v) is 4.84. The third kappa shape index (κ3) is 4.48. The lowest BCUT2D eigenvalue weighted by Gasteiger charge is -2.30. The Kier molecular flexibility index (Phi) is 6.08. The maximum absolute atomic E-state index is 13.0. The van der Waals surface area contributed by atoms with Crippen LogP contribution < -0.4 is 0 Å². The van der Waals surface area contributed by atoms with Gasteiger partial charge in [0.2, 0.25) is 11.7 Å². The first-order chi connectivity index (χ1) is 15.7. The van der Waals surface area contributed by atoms with Gasteiger partial charge in [-0.1, -0.05) is 23.7 Å². The van der Waals surface area contributed by atoms with Crippen molar-refractivity contribution in [3.8, 4) is 11.5 Å². The molecule has 168 valence electrons. The van der Waals surface area contributed by atoms with Crippen molar-refractivity contribution in [2.75, 3.05) is 26.2 Å². The lowest BCUT2D eigenvalue weighted by molar-refractivity contribution is 0.0704. The topological polar surface area (TPSA) is 67.4 Å². The molecule has 2 aliphatic heterocycles. The molecule has 1 aromatic carbocycles. The Bertz CT molecular complexity index is 1040. The third-order valence-electron chi connectivity index (χ3n) is 6.80. The van der Waals surface area contributed by atoms with Gasteiger partial charge in [0, 0.05) is 44.4 Å². The number of carbonyl (C=O) groups excluding carboxylic acids is 1. The summed E-state index contributed by atoms with van der Waals surface area (Å²) in [6.45, 7) is 4.77. The Morgan fingerprint density at radius 2 is 1.78 bits per heavy atom. The second kappa shape index (κ2) is 9.28. The summed E-state index contributed by atoms with van der Waals surface area (Å²) in [4.78, 5) is 22.1. The predicted octanol–water partition coefficient (Wildman–Crippen LogP) is 4.08. The molecule has 5 rings (SSSR count). The molecule has 2 aromatic heterocycles. The maximum atomic E-state index is 13.0. The molecule has 4 heterocycles. The van der Waals surface area contributed by atoms with Crippen LogP contribution in [-0.4, -0.2) is 56.6 Å². The Hall–Kier alpha value is -2.93. The van der Waals surface area contributed by atoms with Crippen LogP contribution in [0.2, 0.25) is 0 Å². The molecule has 0 bridgehead atoms. The van der Waals surface area contributed by atoms with Crippen LogP contribution in [0.15, 0.2) is 47.1 Å². The van der Waals surface area contributed by atoms with E-state index in [9.17, 15) is 4.79 Å². The second-order valence-electron chi connectivity index (χ2n) is 9.06. The van der Waals surface area contributed by atoms with Crippen LogP contribution in [0.1, 0.15) is 59.8 Å². The van der Waals surface area contributed by atoms with Gasteiger partial charge < -0.3 is 14.0 Å². The monoisotopic (exact) mass is 433 g/mol. The normalized spacial score (nSPS) is 18.2. The van der Waals surface area contributed by atoms with Crippen LogP contribution in [0.25, 0.3) is 11.5 Å². The van der Waals surface area contributed by atoms with Crippen molar-refractivity contribution in [2.45, 2.75) is 44.6 Å². The number of amides is 1. The summed E-state index contributed by atoms with van der Waals surface area (Å²) in [5, 5.41) is 4.16. The van der Waals surface area contributed by atoms with E-state index >= 15 is 0 Å². The summed E-state index contributed by atoms with van der Waals surface area (Å²) in [7, 11) is 1.97. The summed E-state index contributed by atoms with van der Waals surface area (Å²) in [6.07, 6.45) is 7.59. The van der Waals surface area contributed by atoms with Crippen molar-refractivity contribution >= 4 is 5.91 Å². The fraction of sp³-hybridized carbons (Fsp3) is 0.480. The zero-order valence-corrected chi connectivity index (χ0v) is 18.7. The number of carbonyl (C=O) groups is 1. The Labute approximate surface area is 189 Å². The highest BCUT2D eigenvalue weighted by atomic mass is 16.5. The van der Waals surface area contributed by atoms with Crippen LogP contribution in [0, 0.1) is 0 Å². The van der Waals surface area contributed by atoms with Gasteiger partial charge in [-0.2, -0.15) is 4.98 Å². The Morgan fingerprint density at radius 1 is 1.03 bits per heavy atom. The standard InChI is InChI=1S/C25H31N5O2/c1-28-13-5-6-22(28)23-26-24(32-27-23)20-11-16-30(17-12-20)25(31)21-9-7-19(8-10-21)18-29-14-3-2-4-15-29/h5-10,13,20H,2-4,11-12,14-18H2,1H3. The molecule has 2 saturated heterocycles. The van der Waals surface area contributed by atoms with E-state index in [4.69, 9.17) is 4.52 Å². The number of hydrogen-bond acceptors (Lipinski definition) is 5. The van der Waals surface area contributed by atoms with E-state index in [1.165, 1.54) is 37.9 Å². The molecule has 0 radical (unpaired) electrons. The minimum atomic E-state index is 0.114. The molecule has 1 amide bonds. The van der Waals surface area contributed by atoms with Crippen LogP contribution in [0.5, 0.6) is 0 Å². The van der Waals surface area contributed by atoms with Crippen molar-refractivity contribution in [1.29, 1.82) is 0 Å². The molecule has 0 unspecified atom stereocenters. The van der Waals surface area contributed by atoms with Gasteiger partial charge in [-0.15, -0.1) is 0 Å². The number of likely N-dealkylation sites (tertiary alicyclic amines) is 2. The molecule has 0 atom stereocenters. The van der Waals surface area contributed by atoms with E-state index in [-0.39, 0.29) is 11.8 Å². The van der Waals surface area contributed by atoms with E-state index in [2.05, 4.69) is 27.2 Å². The first-order valence-corrected chi connectivity index (χ1v) is 11.7. The average Bonchev–Trinajstić information content (AvgIpc) is 3.49. The third-order valence-corrected chi connectivity index (χ3v) is 6.80. The van der Waals surface area contributed by atoms with E-state index in [0.717, 1.165) is 30.6 Å². The first-order valence-electron chi connectivity index (χ1n) is 11.7. The van der Waals surface area contributed by atoms with Crippen molar-refractivity contribution in [3.63, 3.8) is 0 Å². The number of benzene rings is 1. The number of nitrogens with zero attached hydrogens (tertiary/aromatic N) is 5. The van der Waals surface area contributed by atoms with Crippen LogP contribution in [0.4, 0.5) is 0 Å². The highest BCUT2D eigenvalue weighted by Crippen LogP contribution is 2.29. The lowest BCUT2D eigenvalue weighted by atomic mass is 9.96. The second-order valence-corrected chi connectivity index (χ2v) is 9.06. The van der Waals surface area contributed by atoms with Gasteiger partial charge in [-0.05, 0) is 68.6 Å². The molecule has 2 fully saturated rings. The van der Waals surface area contributed by atoms with Gasteiger partial charge >= 0.3 is 0 Å². The minimum Gasteiger partial charge on any atom is -0.348 e. The van der Waals surface area contributed by atoms with Gasteiger partial charge in [0.25, 0.3) is 5.91 Å². The molecule has 2 aliphatic rings.